The first kappa shape index (κ1) is 10.5. The van der Waals surface area contributed by atoms with E-state index in [1.165, 1.54) is 11.0 Å². The van der Waals surface area contributed by atoms with Crippen LogP contribution in [0.1, 0.15) is 13.3 Å². The second-order valence-corrected chi connectivity index (χ2v) is 5.22. The van der Waals surface area contributed by atoms with Crippen molar-refractivity contribution in [2.75, 3.05) is 11.0 Å². The summed E-state index contributed by atoms with van der Waals surface area (Å²) in [6.45, 7) is 3.45. The minimum absolute atomic E-state index is 0.390. The molecule has 11 heavy (non-hydrogen) atoms. The Morgan fingerprint density at radius 2 is 2.36 bits per heavy atom. The van der Waals surface area contributed by atoms with Crippen molar-refractivity contribution in [3.63, 3.8) is 0 Å². The van der Waals surface area contributed by atoms with Crippen molar-refractivity contribution < 1.29 is 0 Å². The van der Waals surface area contributed by atoms with E-state index in [4.69, 9.17) is 5.73 Å². The fraction of sp³-hybridized carbons (Fsp3) is 1.00. The van der Waals surface area contributed by atoms with Gasteiger partial charge in [-0.2, -0.15) is 0 Å². The lowest BCUT2D eigenvalue weighted by atomic mass is 10.3. The van der Waals surface area contributed by atoms with Crippen LogP contribution in [-0.4, -0.2) is 32.0 Å². The molecule has 0 aromatic carbocycles. The molecule has 4 heteroatoms. The molecule has 66 valence electrons. The number of nitrogens with two attached hydrogens (primary N) is 1. The summed E-state index contributed by atoms with van der Waals surface area (Å²) in [6.07, 6.45) is 1.16. The monoisotopic (exact) mass is 380 g/mol. The van der Waals surface area contributed by atoms with Gasteiger partial charge in [0.1, 0.15) is 0 Å². The molecule has 2 nitrogen and oxygen atoms in total. The zero-order valence-electron chi connectivity index (χ0n) is 6.63. The summed E-state index contributed by atoms with van der Waals surface area (Å²) in [7, 11) is 0. The van der Waals surface area contributed by atoms with Crippen molar-refractivity contribution in [2.45, 2.75) is 29.5 Å². The first-order valence-corrected chi connectivity index (χ1v) is 6.65. The average molecular weight is 380 g/mol. The third kappa shape index (κ3) is 2.41. The zero-order valence-corrected chi connectivity index (χ0v) is 10.9. The lowest BCUT2D eigenvalue weighted by Gasteiger charge is -2.26. The zero-order chi connectivity index (χ0) is 8.43. The first-order chi connectivity index (χ1) is 5.16. The summed E-state index contributed by atoms with van der Waals surface area (Å²) in [5.74, 6) is 0. The largest absolute Gasteiger partial charge is 0.326 e. The number of nitrogens with zero attached hydrogens (tertiary/aromatic N) is 1. The predicted molar refractivity (Wildman–Crippen MR) is 65.5 cm³/mol. The highest BCUT2D eigenvalue weighted by Crippen LogP contribution is 2.24. The third-order valence-electron chi connectivity index (χ3n) is 2.18. The second kappa shape index (κ2) is 4.57. The molecule has 3 atom stereocenters. The maximum Gasteiger partial charge on any atom is 0.0774 e. The molecule has 1 saturated heterocycles. The van der Waals surface area contributed by atoms with Crippen LogP contribution in [0.15, 0.2) is 0 Å². The van der Waals surface area contributed by atoms with Crippen LogP contribution < -0.4 is 5.73 Å². The Morgan fingerprint density at radius 1 is 1.73 bits per heavy atom. The Kier molecular flexibility index (Phi) is 4.35. The second-order valence-electron chi connectivity index (χ2n) is 3.07. The molecule has 0 amide bonds. The van der Waals surface area contributed by atoms with Gasteiger partial charge in [0.15, 0.2) is 0 Å². The van der Waals surface area contributed by atoms with Crippen LogP contribution in [0.5, 0.6) is 0 Å². The van der Waals surface area contributed by atoms with E-state index in [2.05, 4.69) is 57.0 Å². The van der Waals surface area contributed by atoms with Gasteiger partial charge in [0.05, 0.1) is 4.05 Å². The average Bonchev–Trinajstić information content (AvgIpc) is 2.32. The Hall–Kier alpha value is 1.38. The van der Waals surface area contributed by atoms with Crippen LogP contribution >= 0.6 is 45.2 Å². The van der Waals surface area contributed by atoms with Gasteiger partial charge in [-0.15, -0.1) is 0 Å². The molecule has 0 bridgehead atoms. The fourth-order valence-corrected chi connectivity index (χ4v) is 3.05. The predicted octanol–water partition coefficient (Wildman–Crippen LogP) is 1.60. The first-order valence-electron chi connectivity index (χ1n) is 3.88. The van der Waals surface area contributed by atoms with Crippen molar-refractivity contribution in [2.24, 2.45) is 5.73 Å². The van der Waals surface area contributed by atoms with Gasteiger partial charge in [-0.05, 0) is 13.3 Å². The lowest BCUT2D eigenvalue weighted by molar-refractivity contribution is 0.268. The van der Waals surface area contributed by atoms with E-state index in [1.807, 2.05) is 0 Å². The summed E-state index contributed by atoms with van der Waals surface area (Å²) >= 11 is 4.89. The van der Waals surface area contributed by atoms with Crippen LogP contribution in [0.4, 0.5) is 0 Å². The van der Waals surface area contributed by atoms with E-state index in [1.54, 1.807) is 0 Å². The molecule has 0 spiro atoms. The Balaban J connectivity index is 2.47. The molecule has 0 aliphatic carbocycles. The van der Waals surface area contributed by atoms with Gasteiger partial charge in [-0.1, -0.05) is 45.2 Å². The van der Waals surface area contributed by atoms with Gasteiger partial charge in [0, 0.05) is 23.1 Å². The van der Waals surface area contributed by atoms with E-state index < -0.39 is 0 Å². The molecule has 0 aromatic heterocycles. The number of hydrogen-bond donors (Lipinski definition) is 1. The van der Waals surface area contributed by atoms with Gasteiger partial charge in [0.2, 0.25) is 0 Å². The quantitative estimate of drug-likeness (QED) is 0.448. The molecule has 0 radical (unpaired) electrons. The van der Waals surface area contributed by atoms with Crippen LogP contribution in [0.3, 0.4) is 0 Å². The van der Waals surface area contributed by atoms with Gasteiger partial charge in [-0.3, -0.25) is 4.90 Å². The van der Waals surface area contributed by atoms with E-state index in [0.29, 0.717) is 16.1 Å². The smallest absolute Gasteiger partial charge is 0.0774 e. The van der Waals surface area contributed by atoms with Gasteiger partial charge in [0.25, 0.3) is 0 Å². The molecule has 1 aliphatic heterocycles. The molecular formula is C7H14I2N2. The highest BCUT2D eigenvalue weighted by atomic mass is 127. The number of likely N-dealkylation sites (tertiary alicyclic amines) is 1. The molecule has 1 heterocycles. The van der Waals surface area contributed by atoms with Crippen LogP contribution in [0, 0.1) is 0 Å². The number of alkyl halides is 2. The van der Waals surface area contributed by atoms with E-state index in [9.17, 15) is 0 Å². The van der Waals surface area contributed by atoms with Crippen LogP contribution in [0.25, 0.3) is 0 Å². The van der Waals surface area contributed by atoms with E-state index in [0.717, 1.165) is 6.42 Å². The van der Waals surface area contributed by atoms with Gasteiger partial charge in [-0.25, -0.2) is 0 Å². The summed E-state index contributed by atoms with van der Waals surface area (Å²) in [5, 5.41) is 0. The maximum absolute atomic E-state index is 5.91. The lowest BCUT2D eigenvalue weighted by Crippen LogP contribution is -2.40. The van der Waals surface area contributed by atoms with Gasteiger partial charge < -0.3 is 5.73 Å². The molecular weight excluding hydrogens is 366 g/mol. The Bertz CT molecular complexity index is 132. The summed E-state index contributed by atoms with van der Waals surface area (Å²) in [5.41, 5.74) is 5.91. The third-order valence-corrected chi connectivity index (χ3v) is 5.09. The summed E-state index contributed by atoms with van der Waals surface area (Å²) in [4.78, 5) is 2.50. The fourth-order valence-electron chi connectivity index (χ4n) is 1.36. The molecule has 1 fully saturated rings. The maximum atomic E-state index is 5.91. The minimum atomic E-state index is 0.390. The van der Waals surface area contributed by atoms with Crippen molar-refractivity contribution in [1.29, 1.82) is 0 Å². The number of hydrogen-bond acceptors (Lipinski definition) is 2. The topological polar surface area (TPSA) is 29.3 Å². The van der Waals surface area contributed by atoms with Crippen molar-refractivity contribution in [3.8, 4) is 0 Å². The number of halogens is 2. The highest BCUT2D eigenvalue weighted by Gasteiger charge is 2.31. The molecule has 0 aromatic rings. The van der Waals surface area contributed by atoms with Crippen molar-refractivity contribution in [3.05, 3.63) is 0 Å². The minimum Gasteiger partial charge on any atom is -0.326 e. The summed E-state index contributed by atoms with van der Waals surface area (Å²) in [6, 6.07) is 1.08. The number of rotatable bonds is 2. The molecule has 2 unspecified atom stereocenters. The molecule has 2 N–H and O–H groups in total. The van der Waals surface area contributed by atoms with E-state index >= 15 is 0 Å². The Labute approximate surface area is 95.5 Å². The Morgan fingerprint density at radius 3 is 2.73 bits per heavy atom. The molecule has 1 rings (SSSR count). The molecule has 1 aliphatic rings. The SMILES string of the molecule is CC(CI)N1CC[C@@H](N)C1I. The van der Waals surface area contributed by atoms with Crippen LogP contribution in [0.2, 0.25) is 0 Å². The van der Waals surface area contributed by atoms with E-state index in [-0.39, 0.29) is 0 Å². The standard InChI is InChI=1S/C7H14I2N2/c1-5(4-8)11-3-2-6(10)7(11)9/h5-7H,2-4,10H2,1H3/t5?,6-,7?/m1/s1. The summed E-state index contributed by atoms with van der Waals surface area (Å²) < 4.78 is 1.75. The molecule has 0 saturated carbocycles. The van der Waals surface area contributed by atoms with Crippen molar-refractivity contribution in [1.82, 2.24) is 4.90 Å². The van der Waals surface area contributed by atoms with Crippen molar-refractivity contribution >= 4 is 45.2 Å². The highest BCUT2D eigenvalue weighted by molar-refractivity contribution is 14.1. The van der Waals surface area contributed by atoms with Gasteiger partial charge >= 0.3 is 0 Å². The normalized spacial score (nSPS) is 36.0. The van der Waals surface area contributed by atoms with Crippen LogP contribution in [-0.2, 0) is 0 Å².